The summed E-state index contributed by atoms with van der Waals surface area (Å²) in [6.07, 6.45) is -6.52. The van der Waals surface area contributed by atoms with Crippen LogP contribution in [0.4, 0.5) is 0 Å². The van der Waals surface area contributed by atoms with Crippen LogP contribution in [0.5, 0.6) is 17.2 Å². The zero-order valence-electron chi connectivity index (χ0n) is 35.3. The van der Waals surface area contributed by atoms with Crippen LogP contribution < -0.4 is 9.47 Å². The van der Waals surface area contributed by atoms with E-state index in [0.29, 0.717) is 37.7 Å². The van der Waals surface area contributed by atoms with Crippen molar-refractivity contribution in [3.05, 3.63) is 35.4 Å². The Morgan fingerprint density at radius 2 is 1.51 bits per heavy atom. The van der Waals surface area contributed by atoms with Gasteiger partial charge in [0.2, 0.25) is 5.75 Å². The summed E-state index contributed by atoms with van der Waals surface area (Å²) >= 11 is 0. The first-order chi connectivity index (χ1) is 28.9. The van der Waals surface area contributed by atoms with Gasteiger partial charge in [-0.3, -0.25) is 4.79 Å². The minimum atomic E-state index is -1.87. The van der Waals surface area contributed by atoms with Gasteiger partial charge in [0.1, 0.15) is 61.2 Å². The van der Waals surface area contributed by atoms with E-state index in [1.807, 2.05) is 0 Å². The number of hydrogen-bond acceptors (Lipinski definition) is 17. The Hall–Kier alpha value is -3.20. The molecule has 0 aromatic heterocycles. The van der Waals surface area contributed by atoms with E-state index in [9.17, 15) is 50.4 Å². The van der Waals surface area contributed by atoms with Gasteiger partial charge >= 0.3 is 5.97 Å². The van der Waals surface area contributed by atoms with Gasteiger partial charge in [-0.1, -0.05) is 25.5 Å². The highest BCUT2D eigenvalue weighted by molar-refractivity contribution is 5.87. The number of ketones is 1. The number of phenolic OH excluding ortho intramolecular Hbond substituents is 1. The van der Waals surface area contributed by atoms with Crippen LogP contribution in [0.25, 0.3) is 6.08 Å². The third-order valence-corrected chi connectivity index (χ3v) is 15.2. The molecule has 17 unspecified atom stereocenters. The van der Waals surface area contributed by atoms with Crippen molar-refractivity contribution in [3.8, 4) is 17.2 Å². The van der Waals surface area contributed by atoms with Gasteiger partial charge in [0, 0.05) is 17.4 Å². The Labute approximate surface area is 354 Å². The van der Waals surface area contributed by atoms with Gasteiger partial charge in [0.15, 0.2) is 24.1 Å². The lowest BCUT2D eigenvalue weighted by Gasteiger charge is -2.61. The fraction of sp³-hybridized carbons (Fsp3) is 0.727. The Balaban J connectivity index is 1.02. The first kappa shape index (κ1) is 45.8. The second-order valence-corrected chi connectivity index (χ2v) is 18.2. The van der Waals surface area contributed by atoms with Gasteiger partial charge in [-0.05, 0) is 99.3 Å². The molecule has 5 fully saturated rings. The third-order valence-electron chi connectivity index (χ3n) is 15.2. The molecule has 17 heteroatoms. The number of hydrogen-bond donors (Lipinski definition) is 8. The van der Waals surface area contributed by atoms with Crippen LogP contribution in [0.3, 0.4) is 0 Å². The number of ether oxygens (including phenoxy) is 7. The molecule has 0 radical (unpaired) electrons. The van der Waals surface area contributed by atoms with Crippen LogP contribution in [-0.4, -0.2) is 153 Å². The lowest BCUT2D eigenvalue weighted by atomic mass is 9.45. The molecular formula is C44H62O17. The van der Waals surface area contributed by atoms with Crippen LogP contribution in [0.15, 0.2) is 29.9 Å². The Morgan fingerprint density at radius 3 is 2.16 bits per heavy atom. The van der Waals surface area contributed by atoms with Crippen LogP contribution in [0.1, 0.15) is 77.7 Å². The maximum atomic E-state index is 12.7. The van der Waals surface area contributed by atoms with Crippen molar-refractivity contribution in [2.75, 3.05) is 27.4 Å². The third kappa shape index (κ3) is 8.14. The van der Waals surface area contributed by atoms with Crippen molar-refractivity contribution in [3.63, 3.8) is 0 Å². The van der Waals surface area contributed by atoms with Crippen LogP contribution in [0.2, 0.25) is 0 Å². The van der Waals surface area contributed by atoms with Crippen molar-refractivity contribution in [1.29, 1.82) is 0 Å². The summed E-state index contributed by atoms with van der Waals surface area (Å²) in [5, 5.41) is 87.3. The van der Waals surface area contributed by atoms with E-state index in [-0.39, 0.29) is 46.2 Å². The maximum Gasteiger partial charge on any atom is 0.330 e. The quantitative estimate of drug-likeness (QED) is 0.0836. The molecule has 1 aromatic carbocycles. The fourth-order valence-electron chi connectivity index (χ4n) is 11.6. The Kier molecular flexibility index (Phi) is 13.3. The predicted octanol–water partition coefficient (Wildman–Crippen LogP) is 1.27. The molecule has 3 saturated carbocycles. The van der Waals surface area contributed by atoms with Gasteiger partial charge in [-0.25, -0.2) is 4.79 Å². The van der Waals surface area contributed by atoms with Crippen molar-refractivity contribution < 1.29 is 83.6 Å². The number of phenols is 1. The van der Waals surface area contributed by atoms with Gasteiger partial charge in [0.25, 0.3) is 0 Å². The molecule has 17 atom stereocenters. The summed E-state index contributed by atoms with van der Waals surface area (Å²) in [5.74, 6) is -0.667. The Morgan fingerprint density at radius 1 is 0.836 bits per heavy atom. The number of aromatic hydroxyl groups is 1. The number of benzene rings is 1. The number of Topliss-reactive ketones (excluding diaryl/α,β-unsaturated/α-hetero) is 1. The van der Waals surface area contributed by atoms with E-state index in [1.54, 1.807) is 6.92 Å². The molecule has 61 heavy (non-hydrogen) atoms. The highest BCUT2D eigenvalue weighted by Gasteiger charge is 2.67. The molecule has 4 aliphatic carbocycles. The standard InChI is InChI=1S/C44H62O17/c1-21(46)25-12-15-44(54)27-8-7-23-18-24(10-13-42(23,2)26(27)11-14-43(25,44)3)58-41-39(37(52)34(49)30(19-45)59-41)61-40-38(53)36(51)35(50)31(60-40)20-57-32(47)9-6-22-16-28(55-4)33(48)29(17-22)56-5/h6-7,9,16-17,24-27,30-31,34-41,45,48-54H,8,10-15,18-20H2,1-5H3. The van der Waals surface area contributed by atoms with Crippen LogP contribution >= 0.6 is 0 Å². The number of carbonyl (C=O) groups is 2. The van der Waals surface area contributed by atoms with Crippen molar-refractivity contribution in [2.24, 2.45) is 28.6 Å². The molecule has 0 spiro atoms. The highest BCUT2D eigenvalue weighted by Crippen LogP contribution is 2.68. The lowest BCUT2D eigenvalue weighted by molar-refractivity contribution is -0.372. The maximum absolute atomic E-state index is 12.7. The van der Waals surface area contributed by atoms with E-state index < -0.39 is 97.7 Å². The van der Waals surface area contributed by atoms with Gasteiger partial charge in [-0.15, -0.1) is 0 Å². The number of allylic oxidation sites excluding steroid dienone is 1. The number of rotatable bonds is 12. The van der Waals surface area contributed by atoms with Crippen molar-refractivity contribution >= 4 is 17.8 Å². The smallest absolute Gasteiger partial charge is 0.330 e. The second kappa shape index (κ2) is 17.8. The summed E-state index contributed by atoms with van der Waals surface area (Å²) in [4.78, 5) is 25.3. The van der Waals surface area contributed by atoms with E-state index >= 15 is 0 Å². The number of aliphatic hydroxyl groups is 7. The molecule has 17 nitrogen and oxygen atoms in total. The number of methoxy groups -OCH3 is 2. The molecule has 1 aromatic rings. The Bertz CT molecular complexity index is 1810. The predicted molar refractivity (Wildman–Crippen MR) is 213 cm³/mol. The molecule has 340 valence electrons. The largest absolute Gasteiger partial charge is 0.502 e. The molecule has 2 aliphatic heterocycles. The van der Waals surface area contributed by atoms with Gasteiger partial charge in [0.05, 0.1) is 32.5 Å². The van der Waals surface area contributed by atoms with E-state index in [0.717, 1.165) is 25.3 Å². The molecule has 7 rings (SSSR count). The summed E-state index contributed by atoms with van der Waals surface area (Å²) in [6.45, 7) is 4.72. The van der Waals surface area contributed by atoms with E-state index in [2.05, 4.69) is 19.9 Å². The van der Waals surface area contributed by atoms with Gasteiger partial charge in [-0.2, -0.15) is 0 Å². The first-order valence-corrected chi connectivity index (χ1v) is 21.3. The average Bonchev–Trinajstić information content (AvgIpc) is 3.53. The normalized spacial score (nSPS) is 43.4. The molecular weight excluding hydrogens is 800 g/mol. The topological polar surface area (TPSA) is 261 Å². The molecule has 2 saturated heterocycles. The SMILES string of the molecule is COc1cc(C=CC(=O)OCC2OC(OC3C(OC4CCC5(C)C(=CCC6C5CCC5(C)C(C(C)=O)CCC65O)C4)OC(CO)C(O)C3O)C(O)C(O)C2O)cc(OC)c1O. The summed E-state index contributed by atoms with van der Waals surface area (Å²) in [7, 11) is 2.71. The van der Waals surface area contributed by atoms with Crippen LogP contribution in [0, 0.1) is 28.6 Å². The van der Waals surface area contributed by atoms with Crippen molar-refractivity contribution in [1.82, 2.24) is 0 Å². The molecule has 8 N–H and O–H groups in total. The van der Waals surface area contributed by atoms with Crippen molar-refractivity contribution in [2.45, 2.75) is 145 Å². The zero-order chi connectivity index (χ0) is 44.2. The lowest BCUT2D eigenvalue weighted by Crippen LogP contribution is -2.65. The number of fused-ring (bicyclic) bond motifs is 5. The summed E-state index contributed by atoms with van der Waals surface area (Å²) in [5.41, 5.74) is -0.0116. The number of esters is 1. The molecule has 2 heterocycles. The van der Waals surface area contributed by atoms with Gasteiger partial charge < -0.3 is 74.0 Å². The fourth-order valence-corrected chi connectivity index (χ4v) is 11.6. The minimum absolute atomic E-state index is 0.0163. The summed E-state index contributed by atoms with van der Waals surface area (Å²) < 4.78 is 39.8. The minimum Gasteiger partial charge on any atom is -0.502 e. The van der Waals surface area contributed by atoms with E-state index in [1.165, 1.54) is 38.0 Å². The number of aliphatic hydroxyl groups excluding tert-OH is 6. The second-order valence-electron chi connectivity index (χ2n) is 18.2. The first-order valence-electron chi connectivity index (χ1n) is 21.3. The van der Waals surface area contributed by atoms with E-state index in [4.69, 9.17) is 33.2 Å². The molecule has 0 amide bonds. The summed E-state index contributed by atoms with van der Waals surface area (Å²) in [6, 6.07) is 2.92. The molecule has 0 bridgehead atoms. The average molecular weight is 863 g/mol. The number of carbonyl (C=O) groups excluding carboxylic acids is 2. The zero-order valence-corrected chi connectivity index (χ0v) is 35.3. The van der Waals surface area contributed by atoms with Crippen LogP contribution in [-0.2, 0) is 33.3 Å². The highest BCUT2D eigenvalue weighted by atomic mass is 16.8. The molecule has 6 aliphatic rings. The monoisotopic (exact) mass is 862 g/mol.